The average molecular weight is 332 g/mol. The predicted molar refractivity (Wildman–Crippen MR) is 91.3 cm³/mol. The van der Waals surface area contributed by atoms with E-state index in [0.717, 1.165) is 17.1 Å². The summed E-state index contributed by atoms with van der Waals surface area (Å²) in [5, 5.41) is 1.97. The summed E-state index contributed by atoms with van der Waals surface area (Å²) >= 11 is 8.74. The van der Waals surface area contributed by atoms with Crippen molar-refractivity contribution in [3.05, 3.63) is 24.3 Å². The van der Waals surface area contributed by atoms with Crippen LogP contribution in [0.25, 0.3) is 0 Å². The van der Waals surface area contributed by atoms with Gasteiger partial charge in [0.25, 0.3) is 0 Å². The van der Waals surface area contributed by atoms with E-state index in [-0.39, 0.29) is 0 Å². The summed E-state index contributed by atoms with van der Waals surface area (Å²) in [5.74, 6) is 0. The predicted octanol–water partition coefficient (Wildman–Crippen LogP) is 2.15. The van der Waals surface area contributed by atoms with Gasteiger partial charge in [-0.1, -0.05) is 0 Å². The fraction of sp³-hybridized carbons (Fsp3) is 0.571. The number of hydrogen-bond acceptors (Lipinski definition) is 7. The van der Waals surface area contributed by atoms with Crippen molar-refractivity contribution in [3.8, 4) is 0 Å². The fourth-order valence-corrected chi connectivity index (χ4v) is 1.91. The van der Waals surface area contributed by atoms with Gasteiger partial charge in [-0.3, -0.25) is 4.41 Å². The molecule has 0 bridgehead atoms. The molecule has 0 heterocycles. The van der Waals surface area contributed by atoms with Crippen LogP contribution in [-0.2, 0) is 14.2 Å². The second-order valence-corrected chi connectivity index (χ2v) is 5.30. The molecule has 0 saturated carbocycles. The van der Waals surface area contributed by atoms with Gasteiger partial charge in [0.15, 0.2) is 0 Å². The number of ether oxygens (including phenoxy) is 3. The summed E-state index contributed by atoms with van der Waals surface area (Å²) in [7, 11) is 3.61. The molecule has 0 radical (unpaired) electrons. The van der Waals surface area contributed by atoms with E-state index in [1.807, 2.05) is 36.3 Å². The molecule has 0 N–H and O–H groups in total. The Morgan fingerprint density at radius 2 is 1.52 bits per heavy atom. The van der Waals surface area contributed by atoms with Gasteiger partial charge < -0.3 is 14.2 Å². The highest BCUT2D eigenvalue weighted by Crippen LogP contribution is 2.19. The van der Waals surface area contributed by atoms with Gasteiger partial charge in [-0.05, 0) is 37.1 Å². The zero-order valence-electron chi connectivity index (χ0n) is 12.6. The van der Waals surface area contributed by atoms with Crippen LogP contribution in [0.5, 0.6) is 0 Å². The van der Waals surface area contributed by atoms with Crippen LogP contribution in [0, 0.1) is 0 Å². The Hall–Kier alpha value is -0.440. The Bertz CT molecular complexity index is 379. The van der Waals surface area contributed by atoms with Gasteiger partial charge in [0.2, 0.25) is 0 Å². The molecule has 120 valence electrons. The molecule has 5 nitrogen and oxygen atoms in total. The van der Waals surface area contributed by atoms with Crippen LogP contribution in [0.1, 0.15) is 0 Å². The number of rotatable bonds is 11. The Labute approximate surface area is 138 Å². The molecule has 1 aromatic rings. The van der Waals surface area contributed by atoms with E-state index in [1.165, 1.54) is 0 Å². The van der Waals surface area contributed by atoms with Gasteiger partial charge in [0.05, 0.1) is 38.7 Å². The third-order valence-corrected chi connectivity index (χ3v) is 3.60. The first-order valence-electron chi connectivity index (χ1n) is 6.78. The Balaban J connectivity index is 2.12. The minimum absolute atomic E-state index is 0.582. The summed E-state index contributed by atoms with van der Waals surface area (Å²) in [4.78, 5) is 0.931. The first-order valence-corrected chi connectivity index (χ1v) is 7.63. The highest BCUT2D eigenvalue weighted by atomic mass is 32.1. The third kappa shape index (κ3) is 7.94. The smallest absolute Gasteiger partial charge is 0.0701 e. The molecule has 0 unspecified atom stereocenters. The van der Waals surface area contributed by atoms with Crippen LogP contribution in [0.2, 0.25) is 0 Å². The molecule has 0 aliphatic rings. The molecule has 1 aromatic carbocycles. The molecule has 21 heavy (non-hydrogen) atoms. The molecular formula is C14H24N2O3S2. The number of likely N-dealkylation sites (N-methyl/N-ethyl adjacent to an activating group) is 1. The number of anilines is 1. The fourth-order valence-electron chi connectivity index (χ4n) is 1.54. The maximum Gasteiger partial charge on any atom is 0.0701 e. The van der Waals surface area contributed by atoms with Gasteiger partial charge in [0.1, 0.15) is 0 Å². The number of nitrogens with zero attached hydrogens (tertiary/aromatic N) is 2. The van der Waals surface area contributed by atoms with Crippen molar-refractivity contribution in [2.45, 2.75) is 4.90 Å². The minimum atomic E-state index is 0.582. The lowest BCUT2D eigenvalue weighted by Gasteiger charge is -2.28. The van der Waals surface area contributed by atoms with Crippen LogP contribution < -0.4 is 4.41 Å². The second kappa shape index (κ2) is 11.2. The van der Waals surface area contributed by atoms with E-state index in [9.17, 15) is 0 Å². The topological polar surface area (TPSA) is 34.2 Å². The molecule has 0 aromatic heterocycles. The lowest BCUT2D eigenvalue weighted by Crippen LogP contribution is -2.35. The number of benzene rings is 1. The van der Waals surface area contributed by atoms with Crippen molar-refractivity contribution < 1.29 is 14.2 Å². The van der Waals surface area contributed by atoms with Crippen molar-refractivity contribution in [2.24, 2.45) is 0 Å². The van der Waals surface area contributed by atoms with Gasteiger partial charge in [-0.2, -0.15) is 0 Å². The van der Waals surface area contributed by atoms with Crippen LogP contribution in [0.3, 0.4) is 0 Å². The van der Waals surface area contributed by atoms with Crippen LogP contribution in [0.4, 0.5) is 5.69 Å². The van der Waals surface area contributed by atoms with Crippen molar-refractivity contribution in [3.63, 3.8) is 0 Å². The maximum absolute atomic E-state index is 5.51. The lowest BCUT2D eigenvalue weighted by atomic mass is 10.3. The highest BCUT2D eigenvalue weighted by Gasteiger charge is 2.07. The second-order valence-electron chi connectivity index (χ2n) is 4.40. The van der Waals surface area contributed by atoms with E-state index in [4.69, 9.17) is 14.2 Å². The monoisotopic (exact) mass is 332 g/mol. The number of hydrazine groups is 1. The maximum atomic E-state index is 5.51. The molecule has 1 rings (SSSR count). The molecule has 0 atom stereocenters. The molecule has 7 heteroatoms. The first-order chi connectivity index (χ1) is 10.1. The minimum Gasteiger partial charge on any atom is -0.382 e. The molecule has 0 aliphatic heterocycles. The summed E-state index contributed by atoms with van der Waals surface area (Å²) in [6.45, 7) is 3.74. The summed E-state index contributed by atoms with van der Waals surface area (Å²) in [5.41, 5.74) is 0.988. The van der Waals surface area contributed by atoms with Gasteiger partial charge in [-0.15, -0.1) is 12.6 Å². The summed E-state index contributed by atoms with van der Waals surface area (Å²) in [6, 6.07) is 7.80. The molecule has 0 amide bonds. The first kappa shape index (κ1) is 18.6. The van der Waals surface area contributed by atoms with E-state index < -0.39 is 0 Å². The third-order valence-electron chi connectivity index (χ3n) is 2.77. The van der Waals surface area contributed by atoms with Gasteiger partial charge in [-0.25, -0.2) is 5.01 Å². The van der Waals surface area contributed by atoms with Gasteiger partial charge >= 0.3 is 0 Å². The normalized spacial score (nSPS) is 11.1. The van der Waals surface area contributed by atoms with Crippen molar-refractivity contribution in [2.75, 3.05) is 58.2 Å². The van der Waals surface area contributed by atoms with Crippen molar-refractivity contribution in [1.29, 1.82) is 0 Å². The summed E-state index contributed by atoms with van der Waals surface area (Å²) < 4.78 is 17.5. The average Bonchev–Trinajstić information content (AvgIpc) is 2.49. The Morgan fingerprint density at radius 1 is 0.952 bits per heavy atom. The zero-order valence-corrected chi connectivity index (χ0v) is 14.4. The largest absolute Gasteiger partial charge is 0.382 e. The van der Waals surface area contributed by atoms with Crippen molar-refractivity contribution in [1.82, 2.24) is 5.01 Å². The molecular weight excluding hydrogens is 308 g/mol. The molecule has 0 aliphatic carbocycles. The highest BCUT2D eigenvalue weighted by molar-refractivity contribution is 7.81. The number of hydrogen-bond donors (Lipinski definition) is 2. The SMILES string of the molecule is COCCOCCOCCN(C)N(S)c1ccc(S)cc1. The Morgan fingerprint density at radius 3 is 2.14 bits per heavy atom. The standard InChI is InChI=1S/C14H24N2O3S2/c1-15(7-8-18-11-12-19-10-9-17-2)16(21)13-3-5-14(20)6-4-13/h3-6,20-21H,7-12H2,1-2H3. The summed E-state index contributed by atoms with van der Waals surface area (Å²) in [6.07, 6.45) is 0. The van der Waals surface area contributed by atoms with Crippen LogP contribution in [0.15, 0.2) is 29.2 Å². The van der Waals surface area contributed by atoms with E-state index in [2.05, 4.69) is 25.4 Å². The van der Waals surface area contributed by atoms with E-state index in [0.29, 0.717) is 33.0 Å². The quantitative estimate of drug-likeness (QED) is 0.369. The zero-order chi connectivity index (χ0) is 15.5. The van der Waals surface area contributed by atoms with E-state index in [1.54, 1.807) is 11.5 Å². The van der Waals surface area contributed by atoms with Crippen molar-refractivity contribution >= 4 is 31.1 Å². The van der Waals surface area contributed by atoms with Gasteiger partial charge in [0, 0.05) is 25.6 Å². The Kier molecular flexibility index (Phi) is 9.90. The van der Waals surface area contributed by atoms with E-state index >= 15 is 0 Å². The number of thiol groups is 2. The molecule has 0 saturated heterocycles. The lowest BCUT2D eigenvalue weighted by molar-refractivity contribution is 0.0212. The number of methoxy groups -OCH3 is 1. The molecule has 0 fully saturated rings. The van der Waals surface area contributed by atoms with Crippen LogP contribution in [-0.4, -0.2) is 58.7 Å². The van der Waals surface area contributed by atoms with Crippen LogP contribution >= 0.6 is 25.4 Å². The molecule has 0 spiro atoms.